The van der Waals surface area contributed by atoms with Gasteiger partial charge in [-0.1, -0.05) is 70.6 Å². The number of anilines is 1. The molecule has 1 aliphatic carbocycles. The van der Waals surface area contributed by atoms with Gasteiger partial charge in [0.05, 0.1) is 35.5 Å². The Balaban J connectivity index is 1.27. The fourth-order valence-electron chi connectivity index (χ4n) is 4.19. The lowest BCUT2D eigenvalue weighted by molar-refractivity contribution is -0.123. The van der Waals surface area contributed by atoms with Gasteiger partial charge in [-0.15, -0.1) is 10.2 Å². The van der Waals surface area contributed by atoms with Crippen molar-refractivity contribution in [2.45, 2.75) is 29.3 Å². The van der Waals surface area contributed by atoms with Gasteiger partial charge in [-0.05, 0) is 29.7 Å². The Labute approximate surface area is 218 Å². The van der Waals surface area contributed by atoms with Gasteiger partial charge in [0, 0.05) is 10.9 Å². The molecule has 0 saturated heterocycles. The number of nitrogens with zero attached hydrogens (tertiary/aromatic N) is 2. The average Bonchev–Trinajstić information content (AvgIpc) is 3.53. The number of hydrogen-bond acceptors (Lipinski definition) is 8. The molecule has 2 amide bonds. The summed E-state index contributed by atoms with van der Waals surface area (Å²) in [5.41, 5.74) is 8.84. The highest BCUT2D eigenvalue weighted by atomic mass is 35.5. The van der Waals surface area contributed by atoms with Crippen LogP contribution in [0.4, 0.5) is 5.13 Å². The van der Waals surface area contributed by atoms with E-state index in [1.165, 1.54) is 29.4 Å². The second kappa shape index (κ2) is 10.1. The van der Waals surface area contributed by atoms with Gasteiger partial charge in [0.1, 0.15) is 5.02 Å². The van der Waals surface area contributed by atoms with Gasteiger partial charge in [0.2, 0.25) is 16.9 Å². The van der Waals surface area contributed by atoms with Crippen molar-refractivity contribution in [3.05, 3.63) is 69.4 Å². The minimum absolute atomic E-state index is 0.104. The SMILES string of the molecule is Nc1nnc(SCC(=O)N[C@@H]2c3ccccc3C[C@H]2NC(=O)Cc2coc3c(Cl)c(Cl)ccc23)s1. The first kappa shape index (κ1) is 23.9. The molecule has 12 heteroatoms. The van der Waals surface area contributed by atoms with E-state index in [9.17, 15) is 9.59 Å². The molecule has 0 fully saturated rings. The molecule has 2 heterocycles. The number of carbonyl (C=O) groups is 2. The van der Waals surface area contributed by atoms with Crippen molar-refractivity contribution < 1.29 is 14.0 Å². The topological polar surface area (TPSA) is 123 Å². The van der Waals surface area contributed by atoms with Crippen LogP contribution in [-0.4, -0.2) is 33.8 Å². The zero-order valence-electron chi connectivity index (χ0n) is 18.1. The number of hydrogen-bond donors (Lipinski definition) is 3. The molecule has 0 radical (unpaired) electrons. The van der Waals surface area contributed by atoms with Gasteiger partial charge in [-0.25, -0.2) is 0 Å². The van der Waals surface area contributed by atoms with Crippen molar-refractivity contribution in [2.24, 2.45) is 0 Å². The molecule has 0 saturated carbocycles. The molecular weight excluding hydrogens is 529 g/mol. The Morgan fingerprint density at radius 1 is 1.14 bits per heavy atom. The highest BCUT2D eigenvalue weighted by Crippen LogP contribution is 2.35. The Hall–Kier alpha value is -2.79. The van der Waals surface area contributed by atoms with Crippen LogP contribution in [0, 0.1) is 0 Å². The summed E-state index contributed by atoms with van der Waals surface area (Å²) in [4.78, 5) is 25.7. The van der Waals surface area contributed by atoms with E-state index in [2.05, 4.69) is 20.8 Å². The van der Waals surface area contributed by atoms with Crippen LogP contribution in [0.2, 0.25) is 10.0 Å². The van der Waals surface area contributed by atoms with Crippen molar-refractivity contribution in [3.63, 3.8) is 0 Å². The maximum atomic E-state index is 13.0. The minimum atomic E-state index is -0.350. The molecule has 0 spiro atoms. The van der Waals surface area contributed by atoms with E-state index in [0.717, 1.165) is 16.5 Å². The Morgan fingerprint density at radius 3 is 2.77 bits per heavy atom. The van der Waals surface area contributed by atoms with Gasteiger partial charge in [0.25, 0.3) is 0 Å². The molecule has 4 aromatic rings. The second-order valence-electron chi connectivity index (χ2n) is 7.99. The molecule has 35 heavy (non-hydrogen) atoms. The summed E-state index contributed by atoms with van der Waals surface area (Å²) >= 11 is 14.8. The summed E-state index contributed by atoms with van der Waals surface area (Å²) in [7, 11) is 0. The normalized spacial score (nSPS) is 16.9. The van der Waals surface area contributed by atoms with Crippen LogP contribution in [-0.2, 0) is 22.4 Å². The molecule has 2 atom stereocenters. The standard InChI is InChI=1S/C23H19Cl2N5O3S2/c24-15-6-5-14-12(9-33-21(14)19(15)25)8-17(31)27-16-7-11-3-1-2-4-13(11)20(16)28-18(32)10-34-23-30-29-22(26)35-23/h1-6,9,16,20H,7-8,10H2,(H2,26,29)(H,27,31)(H,28,32)/t16-,20-/m1/s1. The Morgan fingerprint density at radius 2 is 1.97 bits per heavy atom. The number of thioether (sulfide) groups is 1. The number of nitrogens with one attached hydrogen (secondary N) is 2. The molecule has 5 rings (SSSR count). The third-order valence-corrected chi connectivity index (χ3v) is 8.38. The summed E-state index contributed by atoms with van der Waals surface area (Å²) in [6.45, 7) is 0. The number of nitrogen functional groups attached to an aromatic ring is 1. The van der Waals surface area contributed by atoms with Gasteiger partial charge in [0.15, 0.2) is 9.92 Å². The first-order valence-electron chi connectivity index (χ1n) is 10.6. The van der Waals surface area contributed by atoms with Crippen molar-refractivity contribution in [3.8, 4) is 0 Å². The molecule has 2 aromatic heterocycles. The maximum absolute atomic E-state index is 13.0. The molecule has 0 unspecified atom stereocenters. The average molecular weight is 548 g/mol. The Bertz CT molecular complexity index is 1420. The van der Waals surface area contributed by atoms with Gasteiger partial charge < -0.3 is 20.8 Å². The number of fused-ring (bicyclic) bond motifs is 2. The number of nitrogens with two attached hydrogens (primary N) is 1. The fourth-order valence-corrected chi connectivity index (χ4v) is 6.00. The third kappa shape index (κ3) is 5.11. The van der Waals surface area contributed by atoms with Crippen molar-refractivity contribution in [2.75, 3.05) is 11.5 Å². The maximum Gasteiger partial charge on any atom is 0.231 e. The number of amides is 2. The zero-order chi connectivity index (χ0) is 24.5. The largest absolute Gasteiger partial charge is 0.462 e. The predicted octanol–water partition coefficient (Wildman–Crippen LogP) is 4.41. The lowest BCUT2D eigenvalue weighted by Crippen LogP contribution is -2.45. The highest BCUT2D eigenvalue weighted by molar-refractivity contribution is 8.01. The first-order valence-corrected chi connectivity index (χ1v) is 13.2. The van der Waals surface area contributed by atoms with Crippen LogP contribution in [0.5, 0.6) is 0 Å². The Kier molecular flexibility index (Phi) is 6.88. The quantitative estimate of drug-likeness (QED) is 0.293. The van der Waals surface area contributed by atoms with Gasteiger partial charge >= 0.3 is 0 Å². The van der Waals surface area contributed by atoms with Crippen LogP contribution < -0.4 is 16.4 Å². The summed E-state index contributed by atoms with van der Waals surface area (Å²) in [5, 5.41) is 15.6. The minimum Gasteiger partial charge on any atom is -0.462 e. The van der Waals surface area contributed by atoms with E-state index in [-0.39, 0.29) is 36.1 Å². The van der Waals surface area contributed by atoms with E-state index < -0.39 is 0 Å². The van der Waals surface area contributed by atoms with Crippen LogP contribution in [0.1, 0.15) is 22.7 Å². The van der Waals surface area contributed by atoms with Gasteiger partial charge in [-0.2, -0.15) is 0 Å². The highest BCUT2D eigenvalue weighted by Gasteiger charge is 2.34. The van der Waals surface area contributed by atoms with Crippen molar-refractivity contribution in [1.82, 2.24) is 20.8 Å². The lowest BCUT2D eigenvalue weighted by Gasteiger charge is -2.23. The van der Waals surface area contributed by atoms with Crippen LogP contribution >= 0.6 is 46.3 Å². The molecule has 180 valence electrons. The monoisotopic (exact) mass is 547 g/mol. The number of furan rings is 1. The third-order valence-electron chi connectivity index (χ3n) is 5.71. The molecular formula is C23H19Cl2N5O3S2. The second-order valence-corrected chi connectivity index (χ2v) is 11.0. The van der Waals surface area contributed by atoms with E-state index in [1.807, 2.05) is 24.3 Å². The van der Waals surface area contributed by atoms with E-state index in [0.29, 0.717) is 37.1 Å². The van der Waals surface area contributed by atoms with E-state index in [4.69, 9.17) is 33.4 Å². The number of benzene rings is 2. The van der Waals surface area contributed by atoms with E-state index >= 15 is 0 Å². The number of halogens is 2. The smallest absolute Gasteiger partial charge is 0.231 e. The van der Waals surface area contributed by atoms with E-state index in [1.54, 1.807) is 12.1 Å². The number of aromatic nitrogens is 2. The lowest BCUT2D eigenvalue weighted by atomic mass is 10.1. The summed E-state index contributed by atoms with van der Waals surface area (Å²) in [6.07, 6.45) is 2.24. The summed E-state index contributed by atoms with van der Waals surface area (Å²) < 4.78 is 6.18. The fraction of sp³-hybridized carbons (Fsp3) is 0.217. The zero-order valence-corrected chi connectivity index (χ0v) is 21.2. The number of carbonyl (C=O) groups excluding carboxylic acids is 2. The molecule has 4 N–H and O–H groups in total. The predicted molar refractivity (Wildman–Crippen MR) is 138 cm³/mol. The molecule has 2 aromatic carbocycles. The molecule has 1 aliphatic rings. The molecule has 8 nitrogen and oxygen atoms in total. The molecule has 0 bridgehead atoms. The van der Waals surface area contributed by atoms with Crippen molar-refractivity contribution >= 4 is 74.2 Å². The molecule has 0 aliphatic heterocycles. The summed E-state index contributed by atoms with van der Waals surface area (Å²) in [5.74, 6) is -0.190. The van der Waals surface area contributed by atoms with Crippen LogP contribution in [0.3, 0.4) is 0 Å². The van der Waals surface area contributed by atoms with Gasteiger partial charge in [-0.3, -0.25) is 9.59 Å². The van der Waals surface area contributed by atoms with Crippen LogP contribution in [0.15, 0.2) is 51.4 Å². The van der Waals surface area contributed by atoms with Crippen molar-refractivity contribution in [1.29, 1.82) is 0 Å². The van der Waals surface area contributed by atoms with Crippen LogP contribution in [0.25, 0.3) is 11.0 Å². The number of rotatable bonds is 7. The summed E-state index contributed by atoms with van der Waals surface area (Å²) in [6, 6.07) is 10.7. The first-order chi connectivity index (χ1) is 16.9.